The molecule has 0 bridgehead atoms. The van der Waals surface area contributed by atoms with Gasteiger partial charge in [0.15, 0.2) is 0 Å². The lowest BCUT2D eigenvalue weighted by Crippen LogP contribution is -2.30. The monoisotopic (exact) mass is 279 g/mol. The number of nitrogens with zero attached hydrogens (tertiary/aromatic N) is 1. The Bertz CT molecular complexity index is 413. The van der Waals surface area contributed by atoms with E-state index in [0.29, 0.717) is 5.92 Å². The Hall–Kier alpha value is -1.26. The molecule has 1 fully saturated rings. The third-order valence-electron chi connectivity index (χ3n) is 4.06. The lowest BCUT2D eigenvalue weighted by Gasteiger charge is -2.19. The highest BCUT2D eigenvalue weighted by Crippen LogP contribution is 2.32. The Balaban J connectivity index is 2.05. The standard InChI is InChI=1S/C16H25NO3/c1-4-14(18)11-17-6-5-12(10-17)13-7-15(19-2)9-16(8-13)20-3/h7-9,12,14,18H,4-6,10-11H2,1-3H3/t12-,14+/m0/s1. The van der Waals surface area contributed by atoms with Crippen molar-refractivity contribution in [3.63, 3.8) is 0 Å². The second-order valence-corrected chi connectivity index (χ2v) is 5.45. The molecule has 1 heterocycles. The van der Waals surface area contributed by atoms with Crippen molar-refractivity contribution in [1.29, 1.82) is 0 Å². The lowest BCUT2D eigenvalue weighted by atomic mass is 9.98. The molecule has 1 N–H and O–H groups in total. The van der Waals surface area contributed by atoms with Gasteiger partial charge >= 0.3 is 0 Å². The van der Waals surface area contributed by atoms with Crippen molar-refractivity contribution in [2.45, 2.75) is 31.8 Å². The number of β-amino-alcohol motifs (C(OH)–C–C–N with tert-alkyl or cyclic N) is 1. The average molecular weight is 279 g/mol. The topological polar surface area (TPSA) is 41.9 Å². The summed E-state index contributed by atoms with van der Waals surface area (Å²) in [6, 6.07) is 6.08. The molecule has 0 radical (unpaired) electrons. The van der Waals surface area contributed by atoms with Gasteiger partial charge in [0.1, 0.15) is 11.5 Å². The van der Waals surface area contributed by atoms with Gasteiger partial charge < -0.3 is 19.5 Å². The van der Waals surface area contributed by atoms with Crippen molar-refractivity contribution in [3.8, 4) is 11.5 Å². The van der Waals surface area contributed by atoms with Crippen LogP contribution in [0.5, 0.6) is 11.5 Å². The summed E-state index contributed by atoms with van der Waals surface area (Å²) < 4.78 is 10.7. The SMILES string of the molecule is CC[C@@H](O)CN1CC[C@H](c2cc(OC)cc(OC)c2)C1. The van der Waals surface area contributed by atoms with Gasteiger partial charge in [-0.05, 0) is 43.0 Å². The largest absolute Gasteiger partial charge is 0.497 e. The molecule has 4 nitrogen and oxygen atoms in total. The van der Waals surface area contributed by atoms with Crippen LogP contribution in [0.2, 0.25) is 0 Å². The fraction of sp³-hybridized carbons (Fsp3) is 0.625. The van der Waals surface area contributed by atoms with Crippen LogP contribution >= 0.6 is 0 Å². The van der Waals surface area contributed by atoms with Gasteiger partial charge in [-0.2, -0.15) is 0 Å². The first-order chi connectivity index (χ1) is 9.66. The number of aliphatic hydroxyl groups is 1. The minimum atomic E-state index is -0.214. The lowest BCUT2D eigenvalue weighted by molar-refractivity contribution is 0.121. The van der Waals surface area contributed by atoms with E-state index in [1.54, 1.807) is 14.2 Å². The maximum atomic E-state index is 9.76. The summed E-state index contributed by atoms with van der Waals surface area (Å²) in [4.78, 5) is 2.34. The van der Waals surface area contributed by atoms with Crippen LogP contribution in [0.25, 0.3) is 0 Å². The van der Waals surface area contributed by atoms with Crippen LogP contribution in [0.1, 0.15) is 31.2 Å². The van der Waals surface area contributed by atoms with E-state index in [9.17, 15) is 5.11 Å². The first-order valence-corrected chi connectivity index (χ1v) is 7.29. The van der Waals surface area contributed by atoms with Crippen molar-refractivity contribution in [1.82, 2.24) is 4.90 Å². The van der Waals surface area contributed by atoms with Crippen molar-refractivity contribution >= 4 is 0 Å². The summed E-state index contributed by atoms with van der Waals surface area (Å²) in [7, 11) is 3.36. The molecule has 0 saturated carbocycles. The number of ether oxygens (including phenoxy) is 2. The van der Waals surface area contributed by atoms with E-state index in [4.69, 9.17) is 9.47 Å². The molecule has 0 aliphatic carbocycles. The number of rotatable bonds is 6. The molecule has 0 aromatic heterocycles. The molecular formula is C16H25NO3. The van der Waals surface area contributed by atoms with E-state index in [0.717, 1.165) is 44.0 Å². The normalized spacial score (nSPS) is 20.9. The van der Waals surface area contributed by atoms with Crippen LogP contribution in [-0.4, -0.2) is 50.0 Å². The van der Waals surface area contributed by atoms with Gasteiger partial charge in [-0.15, -0.1) is 0 Å². The van der Waals surface area contributed by atoms with E-state index < -0.39 is 0 Å². The number of hydrogen-bond donors (Lipinski definition) is 1. The molecule has 112 valence electrons. The summed E-state index contributed by atoms with van der Waals surface area (Å²) in [6.45, 7) is 4.83. The first kappa shape index (κ1) is 15.1. The van der Waals surface area contributed by atoms with Crippen molar-refractivity contribution in [2.75, 3.05) is 33.9 Å². The molecule has 1 aliphatic rings. The zero-order valence-corrected chi connectivity index (χ0v) is 12.6. The number of methoxy groups -OCH3 is 2. The van der Waals surface area contributed by atoms with Gasteiger partial charge in [-0.3, -0.25) is 0 Å². The Morgan fingerprint density at radius 3 is 2.45 bits per heavy atom. The number of aliphatic hydroxyl groups excluding tert-OH is 1. The number of benzene rings is 1. The highest BCUT2D eigenvalue weighted by atomic mass is 16.5. The third-order valence-corrected chi connectivity index (χ3v) is 4.06. The summed E-state index contributed by atoms with van der Waals surface area (Å²) in [5.41, 5.74) is 1.26. The zero-order chi connectivity index (χ0) is 14.5. The molecule has 1 aliphatic heterocycles. The molecule has 4 heteroatoms. The van der Waals surface area contributed by atoms with Gasteiger partial charge in [-0.1, -0.05) is 6.92 Å². The Labute approximate surface area is 121 Å². The van der Waals surface area contributed by atoms with Crippen LogP contribution in [0.4, 0.5) is 0 Å². The number of likely N-dealkylation sites (tertiary alicyclic amines) is 1. The minimum absolute atomic E-state index is 0.214. The highest BCUT2D eigenvalue weighted by molar-refractivity contribution is 5.40. The molecule has 0 amide bonds. The van der Waals surface area contributed by atoms with Crippen LogP contribution in [0.3, 0.4) is 0 Å². The molecular weight excluding hydrogens is 254 g/mol. The predicted molar refractivity (Wildman–Crippen MR) is 79.6 cm³/mol. The van der Waals surface area contributed by atoms with Crippen LogP contribution in [0.15, 0.2) is 18.2 Å². The molecule has 2 rings (SSSR count). The molecule has 1 aromatic carbocycles. The first-order valence-electron chi connectivity index (χ1n) is 7.29. The Kier molecular flexibility index (Phi) is 5.26. The van der Waals surface area contributed by atoms with Crippen LogP contribution in [0, 0.1) is 0 Å². The van der Waals surface area contributed by atoms with E-state index in [-0.39, 0.29) is 6.10 Å². The quantitative estimate of drug-likeness (QED) is 0.867. The molecule has 0 spiro atoms. The summed E-state index contributed by atoms with van der Waals surface area (Å²) in [6.07, 6.45) is 1.72. The van der Waals surface area contributed by atoms with Crippen LogP contribution in [-0.2, 0) is 0 Å². The second kappa shape index (κ2) is 6.95. The second-order valence-electron chi connectivity index (χ2n) is 5.45. The zero-order valence-electron chi connectivity index (χ0n) is 12.6. The fourth-order valence-corrected chi connectivity index (χ4v) is 2.76. The third kappa shape index (κ3) is 3.64. The van der Waals surface area contributed by atoms with Crippen LogP contribution < -0.4 is 9.47 Å². The van der Waals surface area contributed by atoms with E-state index in [1.165, 1.54) is 5.56 Å². The van der Waals surface area contributed by atoms with E-state index >= 15 is 0 Å². The van der Waals surface area contributed by atoms with Gasteiger partial charge in [0.25, 0.3) is 0 Å². The van der Waals surface area contributed by atoms with Gasteiger partial charge in [0, 0.05) is 19.2 Å². The summed E-state index contributed by atoms with van der Waals surface area (Å²) in [5, 5.41) is 9.76. The highest BCUT2D eigenvalue weighted by Gasteiger charge is 2.25. The van der Waals surface area contributed by atoms with Gasteiger partial charge in [0.05, 0.1) is 20.3 Å². The van der Waals surface area contributed by atoms with Crippen molar-refractivity contribution < 1.29 is 14.6 Å². The fourth-order valence-electron chi connectivity index (χ4n) is 2.76. The predicted octanol–water partition coefficient (Wildman–Crippen LogP) is 2.26. The maximum absolute atomic E-state index is 9.76. The number of hydrogen-bond acceptors (Lipinski definition) is 4. The summed E-state index contributed by atoms with van der Waals surface area (Å²) >= 11 is 0. The van der Waals surface area contributed by atoms with E-state index in [1.807, 2.05) is 13.0 Å². The van der Waals surface area contributed by atoms with Gasteiger partial charge in [0.2, 0.25) is 0 Å². The average Bonchev–Trinajstić information content (AvgIpc) is 2.94. The van der Waals surface area contributed by atoms with E-state index in [2.05, 4.69) is 17.0 Å². The van der Waals surface area contributed by atoms with Crippen molar-refractivity contribution in [2.24, 2.45) is 0 Å². The smallest absolute Gasteiger partial charge is 0.122 e. The molecule has 1 saturated heterocycles. The Morgan fingerprint density at radius 2 is 1.90 bits per heavy atom. The molecule has 1 aromatic rings. The molecule has 20 heavy (non-hydrogen) atoms. The maximum Gasteiger partial charge on any atom is 0.122 e. The van der Waals surface area contributed by atoms with Gasteiger partial charge in [-0.25, -0.2) is 0 Å². The Morgan fingerprint density at radius 1 is 1.25 bits per heavy atom. The van der Waals surface area contributed by atoms with Crippen molar-refractivity contribution in [3.05, 3.63) is 23.8 Å². The molecule has 0 unspecified atom stereocenters. The molecule has 2 atom stereocenters. The summed E-state index contributed by atoms with van der Waals surface area (Å²) in [5.74, 6) is 2.17. The minimum Gasteiger partial charge on any atom is -0.497 e.